The average molecular weight is 430 g/mol. The van der Waals surface area contributed by atoms with Crippen molar-refractivity contribution in [2.24, 2.45) is 0 Å². The zero-order valence-electron chi connectivity index (χ0n) is 18.0. The molecule has 0 saturated carbocycles. The van der Waals surface area contributed by atoms with Gasteiger partial charge in [-0.2, -0.15) is 0 Å². The maximum Gasteiger partial charge on any atom is 0.244 e. The lowest BCUT2D eigenvalue weighted by Gasteiger charge is -2.14. The molecule has 0 fully saturated rings. The molecule has 0 saturated heterocycles. The Balaban J connectivity index is 1.53. The van der Waals surface area contributed by atoms with Gasteiger partial charge < -0.3 is 19.0 Å². The molecule has 2 aromatic heterocycles. The van der Waals surface area contributed by atoms with Crippen molar-refractivity contribution >= 4 is 22.6 Å². The molecule has 0 aliphatic rings. The van der Waals surface area contributed by atoms with Gasteiger partial charge in [0.15, 0.2) is 10.9 Å². The van der Waals surface area contributed by atoms with Crippen LogP contribution in [0.1, 0.15) is 11.4 Å². The third-order valence-electron chi connectivity index (χ3n) is 5.24. The van der Waals surface area contributed by atoms with Crippen molar-refractivity contribution in [2.75, 3.05) is 12.4 Å². The lowest BCUT2D eigenvalue weighted by Crippen LogP contribution is -2.23. The van der Waals surface area contributed by atoms with Gasteiger partial charge in [0.05, 0.1) is 12.5 Å². The summed E-state index contributed by atoms with van der Waals surface area (Å²) in [5, 5.41) is 3.30. The molecule has 32 heavy (non-hydrogen) atoms. The largest absolute Gasteiger partial charge is 0.497 e. The van der Waals surface area contributed by atoms with Gasteiger partial charge in [-0.15, -0.1) is 0 Å². The van der Waals surface area contributed by atoms with Crippen LogP contribution in [-0.4, -0.2) is 17.6 Å². The Morgan fingerprint density at radius 1 is 0.969 bits per heavy atom. The summed E-state index contributed by atoms with van der Waals surface area (Å²) in [5.41, 5.74) is 3.01. The molecule has 7 nitrogen and oxygen atoms in total. The highest BCUT2D eigenvalue weighted by molar-refractivity contribution is 5.91. The minimum Gasteiger partial charge on any atom is -0.497 e. The molecule has 2 heterocycles. The number of benzene rings is 2. The van der Waals surface area contributed by atoms with Crippen LogP contribution >= 0.6 is 0 Å². The standard InChI is InChI=1S/C25H22N2O5/c1-15-10-19(28)11-16(2)27(15)14-25(30)26-18-6-4-17(5-7-18)24-13-22(29)21-12-20(31-3)8-9-23(21)32-24/h4-13H,14H2,1-3H3,(H,26,30). The second kappa shape index (κ2) is 8.55. The molecule has 162 valence electrons. The maximum absolute atomic E-state index is 12.5. The van der Waals surface area contributed by atoms with Gasteiger partial charge in [0.1, 0.15) is 23.6 Å². The molecule has 1 N–H and O–H groups in total. The molecule has 0 aliphatic heterocycles. The number of hydrogen-bond donors (Lipinski definition) is 1. The number of hydrogen-bond acceptors (Lipinski definition) is 5. The van der Waals surface area contributed by atoms with Crippen LogP contribution in [0.5, 0.6) is 5.75 Å². The van der Waals surface area contributed by atoms with Gasteiger partial charge in [0.2, 0.25) is 5.91 Å². The Labute approximate surface area is 183 Å². The zero-order valence-corrected chi connectivity index (χ0v) is 18.0. The number of carbonyl (C=O) groups is 1. The van der Waals surface area contributed by atoms with Crippen LogP contribution in [0, 0.1) is 13.8 Å². The summed E-state index contributed by atoms with van der Waals surface area (Å²) >= 11 is 0. The summed E-state index contributed by atoms with van der Waals surface area (Å²) in [4.78, 5) is 36.6. The lowest BCUT2D eigenvalue weighted by molar-refractivity contribution is -0.116. The lowest BCUT2D eigenvalue weighted by atomic mass is 10.1. The quantitative estimate of drug-likeness (QED) is 0.519. The number of nitrogens with zero attached hydrogens (tertiary/aromatic N) is 1. The van der Waals surface area contributed by atoms with Crippen molar-refractivity contribution in [3.8, 4) is 17.1 Å². The fraction of sp³-hybridized carbons (Fsp3) is 0.160. The Hall–Kier alpha value is -4.13. The number of aromatic nitrogens is 1. The third-order valence-corrected chi connectivity index (χ3v) is 5.24. The van der Waals surface area contributed by atoms with E-state index < -0.39 is 0 Å². The smallest absolute Gasteiger partial charge is 0.244 e. The Morgan fingerprint density at radius 2 is 1.66 bits per heavy atom. The van der Waals surface area contributed by atoms with Crippen molar-refractivity contribution < 1.29 is 13.9 Å². The number of ether oxygens (including phenoxy) is 1. The molecule has 1 amide bonds. The molecule has 4 rings (SSSR count). The molecule has 0 unspecified atom stereocenters. The number of aryl methyl sites for hydroxylation is 2. The summed E-state index contributed by atoms with van der Waals surface area (Å²) in [6, 6.07) is 16.6. The highest BCUT2D eigenvalue weighted by Crippen LogP contribution is 2.25. The van der Waals surface area contributed by atoms with Gasteiger partial charge in [-0.25, -0.2) is 0 Å². The number of nitrogens with one attached hydrogen (secondary N) is 1. The maximum atomic E-state index is 12.5. The Morgan fingerprint density at radius 3 is 2.31 bits per heavy atom. The van der Waals surface area contributed by atoms with Crippen molar-refractivity contribution in [3.05, 3.63) is 92.5 Å². The monoisotopic (exact) mass is 430 g/mol. The topological polar surface area (TPSA) is 90.5 Å². The Bertz CT molecular complexity index is 1410. The van der Waals surface area contributed by atoms with Crippen LogP contribution in [0.15, 0.2) is 74.7 Å². The second-order valence-electron chi connectivity index (χ2n) is 7.52. The highest BCUT2D eigenvalue weighted by atomic mass is 16.5. The summed E-state index contributed by atoms with van der Waals surface area (Å²) < 4.78 is 12.8. The minimum absolute atomic E-state index is 0.0771. The van der Waals surface area contributed by atoms with E-state index in [9.17, 15) is 14.4 Å². The average Bonchev–Trinajstić information content (AvgIpc) is 2.76. The van der Waals surface area contributed by atoms with Gasteiger partial charge in [-0.1, -0.05) is 0 Å². The summed E-state index contributed by atoms with van der Waals surface area (Å²) in [6.45, 7) is 3.69. The number of fused-ring (bicyclic) bond motifs is 1. The SMILES string of the molecule is COc1ccc2oc(-c3ccc(NC(=O)Cn4c(C)cc(=O)cc4C)cc3)cc(=O)c2c1. The van der Waals surface area contributed by atoms with Crippen molar-refractivity contribution in [1.82, 2.24) is 4.57 Å². The normalized spacial score (nSPS) is 10.8. The predicted molar refractivity (Wildman–Crippen MR) is 123 cm³/mol. The number of carbonyl (C=O) groups excluding carboxylic acids is 1. The van der Waals surface area contributed by atoms with E-state index in [2.05, 4.69) is 5.32 Å². The van der Waals surface area contributed by atoms with Crippen LogP contribution in [0.2, 0.25) is 0 Å². The first-order valence-electron chi connectivity index (χ1n) is 10.0. The molecular weight excluding hydrogens is 408 g/mol. The van der Waals surface area contributed by atoms with Crippen molar-refractivity contribution in [1.29, 1.82) is 0 Å². The molecule has 2 aromatic carbocycles. The number of anilines is 1. The molecule has 0 bridgehead atoms. The van der Waals surface area contributed by atoms with E-state index in [1.54, 1.807) is 68.0 Å². The van der Waals surface area contributed by atoms with Gasteiger partial charge in [-0.05, 0) is 56.3 Å². The van der Waals surface area contributed by atoms with Gasteiger partial charge in [-0.3, -0.25) is 14.4 Å². The van der Waals surface area contributed by atoms with Crippen LogP contribution < -0.4 is 20.9 Å². The van der Waals surface area contributed by atoms with Crippen molar-refractivity contribution in [2.45, 2.75) is 20.4 Å². The summed E-state index contributed by atoms with van der Waals surface area (Å²) in [7, 11) is 1.54. The number of methoxy groups -OCH3 is 1. The molecule has 0 radical (unpaired) electrons. The van der Waals surface area contributed by atoms with Crippen LogP contribution in [0.3, 0.4) is 0 Å². The van der Waals surface area contributed by atoms with E-state index in [1.807, 2.05) is 0 Å². The first kappa shape index (κ1) is 21.1. The van der Waals surface area contributed by atoms with E-state index in [4.69, 9.17) is 9.15 Å². The Kier molecular flexibility index (Phi) is 5.64. The van der Waals surface area contributed by atoms with Crippen LogP contribution in [-0.2, 0) is 11.3 Å². The van der Waals surface area contributed by atoms with Gasteiger partial charge >= 0.3 is 0 Å². The minimum atomic E-state index is -0.209. The number of rotatable bonds is 5. The molecule has 0 atom stereocenters. The van der Waals surface area contributed by atoms with E-state index in [0.717, 1.165) is 11.4 Å². The number of pyridine rings is 1. The van der Waals surface area contributed by atoms with Crippen molar-refractivity contribution in [3.63, 3.8) is 0 Å². The fourth-order valence-electron chi connectivity index (χ4n) is 3.60. The molecular formula is C25H22N2O5. The predicted octanol–water partition coefficient (Wildman–Crippen LogP) is 3.89. The highest BCUT2D eigenvalue weighted by Gasteiger charge is 2.10. The van der Waals surface area contributed by atoms with Crippen LogP contribution in [0.4, 0.5) is 5.69 Å². The molecule has 4 aromatic rings. The van der Waals surface area contributed by atoms with Crippen LogP contribution in [0.25, 0.3) is 22.3 Å². The number of amides is 1. The fourth-order valence-corrected chi connectivity index (χ4v) is 3.60. The van der Waals surface area contributed by atoms with Gasteiger partial charge in [0.25, 0.3) is 0 Å². The van der Waals surface area contributed by atoms with Gasteiger partial charge in [0, 0.05) is 40.8 Å². The summed E-state index contributed by atoms with van der Waals surface area (Å²) in [6.07, 6.45) is 0. The first-order chi connectivity index (χ1) is 15.3. The third kappa shape index (κ3) is 4.32. The van der Waals surface area contributed by atoms with E-state index >= 15 is 0 Å². The molecule has 0 aliphatic carbocycles. The second-order valence-corrected chi connectivity index (χ2v) is 7.52. The summed E-state index contributed by atoms with van der Waals surface area (Å²) in [5.74, 6) is 0.814. The van der Waals surface area contributed by atoms with E-state index in [0.29, 0.717) is 33.7 Å². The first-order valence-corrected chi connectivity index (χ1v) is 10.0. The molecule has 7 heteroatoms. The van der Waals surface area contributed by atoms with E-state index in [-0.39, 0.29) is 23.3 Å². The van der Waals surface area contributed by atoms with E-state index in [1.165, 1.54) is 18.2 Å². The zero-order chi connectivity index (χ0) is 22.8. The molecule has 0 spiro atoms.